The van der Waals surface area contributed by atoms with Crippen LogP contribution >= 0.6 is 0 Å². The number of rotatable bonds is 10. The van der Waals surface area contributed by atoms with E-state index in [0.29, 0.717) is 12.6 Å². The molecule has 0 amide bonds. The molecule has 1 unspecified atom stereocenters. The number of ether oxygens (including phenoxy) is 1. The maximum absolute atomic E-state index is 5.25. The zero-order valence-electron chi connectivity index (χ0n) is 14.3. The van der Waals surface area contributed by atoms with Crippen molar-refractivity contribution in [2.45, 2.75) is 52.6 Å². The van der Waals surface area contributed by atoms with Gasteiger partial charge in [-0.3, -0.25) is 0 Å². The molecule has 1 aromatic rings. The Morgan fingerprint density at radius 2 is 2.05 bits per heavy atom. The third kappa shape index (κ3) is 6.02. The van der Waals surface area contributed by atoms with Crippen molar-refractivity contribution in [2.75, 3.05) is 32.2 Å². The zero-order valence-corrected chi connectivity index (χ0v) is 14.3. The second kappa shape index (κ2) is 9.74. The minimum absolute atomic E-state index is 0.316. The second-order valence-electron chi connectivity index (χ2n) is 5.67. The van der Waals surface area contributed by atoms with Gasteiger partial charge in [-0.15, -0.1) is 0 Å². The van der Waals surface area contributed by atoms with E-state index in [1.807, 2.05) is 0 Å². The van der Waals surface area contributed by atoms with Crippen molar-refractivity contribution in [3.63, 3.8) is 0 Å². The minimum atomic E-state index is 0.316. The van der Waals surface area contributed by atoms with Gasteiger partial charge in [-0.25, -0.2) is 4.98 Å². The van der Waals surface area contributed by atoms with E-state index >= 15 is 0 Å². The lowest BCUT2D eigenvalue weighted by atomic mass is 10.1. The molecule has 0 saturated heterocycles. The first-order valence-corrected chi connectivity index (χ1v) is 8.04. The molecule has 1 rings (SSSR count). The van der Waals surface area contributed by atoms with Crippen LogP contribution in [0, 0.1) is 0 Å². The number of nitrogens with one attached hydrogen (secondary N) is 1. The fourth-order valence-electron chi connectivity index (χ4n) is 2.29. The molecule has 120 valence electrons. The summed E-state index contributed by atoms with van der Waals surface area (Å²) in [4.78, 5) is 7.00. The number of hydrogen-bond acceptors (Lipinski definition) is 4. The number of anilines is 1. The van der Waals surface area contributed by atoms with Gasteiger partial charge in [0.15, 0.2) is 0 Å². The molecule has 1 atom stereocenters. The maximum Gasteiger partial charge on any atom is 0.129 e. The Hall–Kier alpha value is -1.13. The third-order valence-corrected chi connectivity index (χ3v) is 3.62. The van der Waals surface area contributed by atoms with Crippen LogP contribution in [0.4, 0.5) is 5.82 Å². The highest BCUT2D eigenvalue weighted by atomic mass is 16.5. The van der Waals surface area contributed by atoms with Gasteiger partial charge in [0.25, 0.3) is 0 Å². The van der Waals surface area contributed by atoms with E-state index in [9.17, 15) is 0 Å². The number of nitrogens with zero attached hydrogens (tertiary/aromatic N) is 2. The molecule has 0 aliphatic rings. The van der Waals surface area contributed by atoms with E-state index in [1.165, 1.54) is 11.3 Å². The summed E-state index contributed by atoms with van der Waals surface area (Å²) in [5.41, 5.74) is 2.49. The number of pyridine rings is 1. The molecule has 1 heterocycles. The second-order valence-corrected chi connectivity index (χ2v) is 5.67. The van der Waals surface area contributed by atoms with Crippen LogP contribution in [0.25, 0.3) is 0 Å². The average Bonchev–Trinajstić information content (AvgIpc) is 2.47. The third-order valence-electron chi connectivity index (χ3n) is 3.62. The molecule has 1 aromatic heterocycles. The molecule has 0 radical (unpaired) electrons. The lowest BCUT2D eigenvalue weighted by Gasteiger charge is -2.26. The molecule has 0 saturated carbocycles. The van der Waals surface area contributed by atoms with Crippen molar-refractivity contribution in [1.82, 2.24) is 10.3 Å². The van der Waals surface area contributed by atoms with Crippen LogP contribution in [0.15, 0.2) is 12.1 Å². The van der Waals surface area contributed by atoms with Gasteiger partial charge in [0, 0.05) is 26.4 Å². The van der Waals surface area contributed by atoms with Crippen molar-refractivity contribution >= 4 is 5.82 Å². The highest BCUT2D eigenvalue weighted by Crippen LogP contribution is 2.17. The predicted octanol–water partition coefficient (Wildman–Crippen LogP) is 3.00. The first-order chi connectivity index (χ1) is 10.1. The Balaban J connectivity index is 2.89. The van der Waals surface area contributed by atoms with Crippen LogP contribution in [-0.4, -0.2) is 38.3 Å². The van der Waals surface area contributed by atoms with E-state index in [1.54, 1.807) is 7.11 Å². The Kier molecular flexibility index (Phi) is 8.31. The number of likely N-dealkylation sites (N-methyl/N-ethyl adjacent to an activating group) is 1. The summed E-state index contributed by atoms with van der Waals surface area (Å²) in [6.45, 7) is 9.21. The van der Waals surface area contributed by atoms with Gasteiger partial charge in [-0.1, -0.05) is 20.3 Å². The van der Waals surface area contributed by atoms with Crippen LogP contribution in [0.2, 0.25) is 0 Å². The fraction of sp³-hybridized carbons (Fsp3) is 0.706. The fourth-order valence-corrected chi connectivity index (χ4v) is 2.29. The van der Waals surface area contributed by atoms with Gasteiger partial charge < -0.3 is 15.0 Å². The SMILES string of the molecule is CCCNCc1cc(CCC)nc(N(C)C(C)COC)c1. The quantitative estimate of drug-likeness (QED) is 0.673. The lowest BCUT2D eigenvalue weighted by molar-refractivity contribution is 0.183. The largest absolute Gasteiger partial charge is 0.383 e. The highest BCUT2D eigenvalue weighted by molar-refractivity contribution is 5.43. The molecule has 0 aromatic carbocycles. The summed E-state index contributed by atoms with van der Waals surface area (Å²) >= 11 is 0. The Morgan fingerprint density at radius 3 is 2.67 bits per heavy atom. The van der Waals surface area contributed by atoms with Crippen molar-refractivity contribution < 1.29 is 4.74 Å². The van der Waals surface area contributed by atoms with Crippen LogP contribution in [-0.2, 0) is 17.7 Å². The van der Waals surface area contributed by atoms with E-state index in [-0.39, 0.29) is 0 Å². The van der Waals surface area contributed by atoms with Crippen molar-refractivity contribution in [2.24, 2.45) is 0 Å². The summed E-state index contributed by atoms with van der Waals surface area (Å²) in [7, 11) is 3.83. The number of hydrogen-bond donors (Lipinski definition) is 1. The monoisotopic (exact) mass is 293 g/mol. The summed E-state index contributed by atoms with van der Waals surface area (Å²) in [5, 5.41) is 3.47. The van der Waals surface area contributed by atoms with Gasteiger partial charge in [-0.05, 0) is 44.0 Å². The summed E-state index contributed by atoms with van der Waals surface area (Å²) in [6.07, 6.45) is 3.31. The van der Waals surface area contributed by atoms with Crippen molar-refractivity contribution in [1.29, 1.82) is 0 Å². The van der Waals surface area contributed by atoms with Crippen LogP contribution < -0.4 is 10.2 Å². The van der Waals surface area contributed by atoms with Crippen molar-refractivity contribution in [3.05, 3.63) is 23.4 Å². The first kappa shape index (κ1) is 17.9. The summed E-state index contributed by atoms with van der Waals surface area (Å²) in [6, 6.07) is 4.73. The zero-order chi connectivity index (χ0) is 15.7. The molecular formula is C17H31N3O. The first-order valence-electron chi connectivity index (χ1n) is 8.04. The highest BCUT2D eigenvalue weighted by Gasteiger charge is 2.13. The van der Waals surface area contributed by atoms with Gasteiger partial charge in [0.2, 0.25) is 0 Å². The van der Waals surface area contributed by atoms with Gasteiger partial charge in [0.05, 0.1) is 12.6 Å². The predicted molar refractivity (Wildman–Crippen MR) is 90.0 cm³/mol. The number of aryl methyl sites for hydroxylation is 1. The van der Waals surface area contributed by atoms with Gasteiger partial charge >= 0.3 is 0 Å². The normalized spacial score (nSPS) is 12.4. The van der Waals surface area contributed by atoms with Crippen molar-refractivity contribution in [3.8, 4) is 0 Å². The van der Waals surface area contributed by atoms with Crippen LogP contribution in [0.5, 0.6) is 0 Å². The molecular weight excluding hydrogens is 262 g/mol. The number of aromatic nitrogens is 1. The summed E-state index contributed by atoms with van der Waals surface area (Å²) < 4.78 is 5.25. The van der Waals surface area contributed by atoms with E-state index in [2.05, 4.69) is 50.2 Å². The smallest absolute Gasteiger partial charge is 0.129 e. The minimum Gasteiger partial charge on any atom is -0.383 e. The maximum atomic E-state index is 5.25. The molecule has 4 heteroatoms. The van der Waals surface area contributed by atoms with Crippen LogP contribution in [0.3, 0.4) is 0 Å². The van der Waals surface area contributed by atoms with Crippen LogP contribution in [0.1, 0.15) is 44.9 Å². The Labute approximate surface area is 129 Å². The topological polar surface area (TPSA) is 37.4 Å². The molecule has 21 heavy (non-hydrogen) atoms. The molecule has 0 aliphatic heterocycles. The number of methoxy groups -OCH3 is 1. The Morgan fingerprint density at radius 1 is 1.29 bits per heavy atom. The molecule has 1 N–H and O–H groups in total. The molecule has 0 bridgehead atoms. The molecule has 0 spiro atoms. The van der Waals surface area contributed by atoms with E-state index in [0.717, 1.165) is 38.2 Å². The lowest BCUT2D eigenvalue weighted by Crippen LogP contribution is -2.33. The van der Waals surface area contributed by atoms with E-state index in [4.69, 9.17) is 9.72 Å². The Bertz CT molecular complexity index is 409. The van der Waals surface area contributed by atoms with Gasteiger partial charge in [-0.2, -0.15) is 0 Å². The standard InChI is InChI=1S/C17H31N3O/c1-6-8-16-10-15(12-18-9-7-2)11-17(19-16)20(4)14(3)13-21-5/h10-11,14,18H,6-9,12-13H2,1-5H3. The van der Waals surface area contributed by atoms with Gasteiger partial charge in [0.1, 0.15) is 5.82 Å². The molecule has 4 nitrogen and oxygen atoms in total. The average molecular weight is 293 g/mol. The molecule has 0 aliphatic carbocycles. The molecule has 0 fully saturated rings. The van der Waals surface area contributed by atoms with E-state index < -0.39 is 0 Å². The summed E-state index contributed by atoms with van der Waals surface area (Å²) in [5.74, 6) is 1.04.